The largest absolute Gasteiger partial charge is 0.496 e. The summed E-state index contributed by atoms with van der Waals surface area (Å²) in [6.45, 7) is 8.35. The molecular weight excluding hydrogens is 456 g/mol. The van der Waals surface area contributed by atoms with Crippen molar-refractivity contribution in [3.05, 3.63) is 22.7 Å². The first-order valence-corrected chi connectivity index (χ1v) is 12.6. The molecule has 8 nitrogen and oxygen atoms in total. The maximum Gasteiger partial charge on any atom is 0.255 e. The van der Waals surface area contributed by atoms with Crippen LogP contribution in [0.3, 0.4) is 0 Å². The topological polar surface area (TPSA) is 97.1 Å². The summed E-state index contributed by atoms with van der Waals surface area (Å²) < 4.78 is 11.1. The van der Waals surface area contributed by atoms with Crippen LogP contribution < -0.4 is 15.8 Å². The van der Waals surface area contributed by atoms with E-state index in [2.05, 4.69) is 10.2 Å². The van der Waals surface area contributed by atoms with Crippen molar-refractivity contribution < 1.29 is 19.1 Å². The Morgan fingerprint density at radius 2 is 1.88 bits per heavy atom. The molecule has 2 atom stereocenters. The van der Waals surface area contributed by atoms with E-state index >= 15 is 0 Å². The molecule has 2 fully saturated rings. The van der Waals surface area contributed by atoms with E-state index in [0.29, 0.717) is 27.9 Å². The number of halogens is 1. The zero-order chi connectivity index (χ0) is 24.8. The van der Waals surface area contributed by atoms with Crippen molar-refractivity contribution >= 4 is 29.1 Å². The highest BCUT2D eigenvalue weighted by Crippen LogP contribution is 2.29. The van der Waals surface area contributed by atoms with Gasteiger partial charge in [0.05, 0.1) is 35.5 Å². The van der Waals surface area contributed by atoms with Crippen molar-refractivity contribution in [3.8, 4) is 5.75 Å². The second kappa shape index (κ2) is 12.1. The van der Waals surface area contributed by atoms with Gasteiger partial charge in [-0.25, -0.2) is 0 Å². The Kier molecular flexibility index (Phi) is 9.45. The van der Waals surface area contributed by atoms with Gasteiger partial charge in [-0.15, -0.1) is 0 Å². The van der Waals surface area contributed by atoms with Crippen molar-refractivity contribution in [2.75, 3.05) is 52.7 Å². The SMILES string of the molecule is COc1cc(N)c(Cl)cc1C(=O)NC1CCN(CCC2CCN(C(=O)C(C)C)CC2)CC1OC. The van der Waals surface area contributed by atoms with E-state index < -0.39 is 0 Å². The van der Waals surface area contributed by atoms with Crippen molar-refractivity contribution in [1.82, 2.24) is 15.1 Å². The van der Waals surface area contributed by atoms with Gasteiger partial charge < -0.3 is 30.3 Å². The molecule has 2 saturated heterocycles. The number of hydrogen-bond donors (Lipinski definition) is 2. The van der Waals surface area contributed by atoms with Crippen LogP contribution >= 0.6 is 11.6 Å². The van der Waals surface area contributed by atoms with E-state index in [1.54, 1.807) is 19.2 Å². The number of anilines is 1. The third-order valence-electron chi connectivity index (χ3n) is 7.10. The number of ether oxygens (including phenoxy) is 2. The highest BCUT2D eigenvalue weighted by atomic mass is 35.5. The first-order chi connectivity index (χ1) is 16.2. The van der Waals surface area contributed by atoms with Crippen LogP contribution in [0.4, 0.5) is 5.69 Å². The zero-order valence-electron chi connectivity index (χ0n) is 20.8. The Morgan fingerprint density at radius 1 is 1.18 bits per heavy atom. The number of hydrogen-bond acceptors (Lipinski definition) is 6. The monoisotopic (exact) mass is 494 g/mol. The summed E-state index contributed by atoms with van der Waals surface area (Å²) in [5.74, 6) is 1.14. The first kappa shape index (κ1) is 26.6. The number of nitrogens with one attached hydrogen (secondary N) is 1. The van der Waals surface area contributed by atoms with E-state index in [-0.39, 0.29) is 29.9 Å². The molecule has 1 aromatic carbocycles. The summed E-state index contributed by atoms with van der Waals surface area (Å²) in [5, 5.41) is 3.42. The summed E-state index contributed by atoms with van der Waals surface area (Å²) >= 11 is 6.13. The van der Waals surface area contributed by atoms with Crippen molar-refractivity contribution in [1.29, 1.82) is 0 Å². The van der Waals surface area contributed by atoms with Gasteiger partial charge in [-0.3, -0.25) is 9.59 Å². The second-order valence-corrected chi connectivity index (χ2v) is 10.1. The normalized spacial score (nSPS) is 22.1. The van der Waals surface area contributed by atoms with Crippen LogP contribution in [-0.4, -0.2) is 80.7 Å². The van der Waals surface area contributed by atoms with Gasteiger partial charge in [0.15, 0.2) is 0 Å². The highest BCUT2D eigenvalue weighted by Gasteiger charge is 2.32. The number of rotatable bonds is 8. The fourth-order valence-electron chi connectivity index (χ4n) is 4.92. The Morgan fingerprint density at radius 3 is 2.50 bits per heavy atom. The van der Waals surface area contributed by atoms with E-state index in [4.69, 9.17) is 26.8 Å². The fourth-order valence-corrected chi connectivity index (χ4v) is 5.09. The molecule has 0 aliphatic carbocycles. The number of methoxy groups -OCH3 is 2. The van der Waals surface area contributed by atoms with Gasteiger partial charge in [0, 0.05) is 45.3 Å². The number of nitrogens with two attached hydrogens (primary N) is 1. The molecule has 0 radical (unpaired) electrons. The number of carbonyl (C=O) groups excluding carboxylic acids is 2. The van der Waals surface area contributed by atoms with E-state index in [1.165, 1.54) is 7.11 Å². The third-order valence-corrected chi connectivity index (χ3v) is 7.43. The number of piperidine rings is 2. The van der Waals surface area contributed by atoms with Gasteiger partial charge >= 0.3 is 0 Å². The third kappa shape index (κ3) is 6.55. The molecule has 1 aromatic rings. The predicted molar refractivity (Wildman–Crippen MR) is 134 cm³/mol. The molecular formula is C25H39ClN4O4. The minimum Gasteiger partial charge on any atom is -0.496 e. The summed E-state index contributed by atoms with van der Waals surface area (Å²) in [5.41, 5.74) is 6.57. The van der Waals surface area contributed by atoms with Gasteiger partial charge in [-0.05, 0) is 44.2 Å². The zero-order valence-corrected chi connectivity index (χ0v) is 21.6. The number of carbonyl (C=O) groups is 2. The lowest BCUT2D eigenvalue weighted by Crippen LogP contribution is -2.55. The average molecular weight is 495 g/mol. The second-order valence-electron chi connectivity index (χ2n) is 9.73. The fraction of sp³-hybridized carbons (Fsp3) is 0.680. The number of nitrogen functional groups attached to an aromatic ring is 1. The Bertz CT molecular complexity index is 858. The Labute approximate surface area is 208 Å². The minimum atomic E-state index is -0.248. The van der Waals surface area contributed by atoms with Crippen LogP contribution in [0.25, 0.3) is 0 Å². The summed E-state index contributed by atoms with van der Waals surface area (Å²) in [4.78, 5) is 29.6. The highest BCUT2D eigenvalue weighted by molar-refractivity contribution is 6.33. The molecule has 0 spiro atoms. The molecule has 9 heteroatoms. The standard InChI is InChI=1S/C25H39ClN4O4/c1-16(2)25(32)30-11-6-17(7-12-30)5-9-29-10-8-21(23(15-29)34-4)28-24(31)18-13-19(26)20(27)14-22(18)33-3/h13-14,16-17,21,23H,5-12,15,27H2,1-4H3,(H,28,31). The van der Waals surface area contributed by atoms with Gasteiger partial charge in [-0.2, -0.15) is 0 Å². The van der Waals surface area contributed by atoms with Gasteiger partial charge in [0.25, 0.3) is 5.91 Å². The van der Waals surface area contributed by atoms with E-state index in [1.807, 2.05) is 18.7 Å². The molecule has 34 heavy (non-hydrogen) atoms. The number of nitrogens with zero attached hydrogens (tertiary/aromatic N) is 2. The number of benzene rings is 1. The number of amides is 2. The predicted octanol–water partition coefficient (Wildman–Crippen LogP) is 3.03. The Balaban J connectivity index is 1.48. The molecule has 2 heterocycles. The molecule has 2 aliphatic rings. The van der Waals surface area contributed by atoms with Crippen LogP contribution in [0.5, 0.6) is 5.75 Å². The van der Waals surface area contributed by atoms with Crippen molar-refractivity contribution in [2.24, 2.45) is 11.8 Å². The van der Waals surface area contributed by atoms with Crippen LogP contribution in [0.1, 0.15) is 49.9 Å². The molecule has 2 unspecified atom stereocenters. The van der Waals surface area contributed by atoms with Crippen LogP contribution in [0, 0.1) is 11.8 Å². The smallest absolute Gasteiger partial charge is 0.255 e. The lowest BCUT2D eigenvalue weighted by Gasteiger charge is -2.39. The molecule has 0 aromatic heterocycles. The number of likely N-dealkylation sites (tertiary alicyclic amines) is 2. The lowest BCUT2D eigenvalue weighted by molar-refractivity contribution is -0.135. The molecule has 0 bridgehead atoms. The minimum absolute atomic E-state index is 0.0717. The van der Waals surface area contributed by atoms with Gasteiger partial charge in [0.2, 0.25) is 5.91 Å². The first-order valence-electron chi connectivity index (χ1n) is 12.2. The van der Waals surface area contributed by atoms with Gasteiger partial charge in [0.1, 0.15) is 5.75 Å². The summed E-state index contributed by atoms with van der Waals surface area (Å²) in [7, 11) is 3.19. The molecule has 190 valence electrons. The van der Waals surface area contributed by atoms with Gasteiger partial charge in [-0.1, -0.05) is 25.4 Å². The lowest BCUT2D eigenvalue weighted by atomic mass is 9.92. The molecule has 3 N–H and O–H groups in total. The van der Waals surface area contributed by atoms with Crippen LogP contribution in [0.2, 0.25) is 5.02 Å². The maximum atomic E-state index is 13.0. The maximum absolute atomic E-state index is 13.0. The van der Waals surface area contributed by atoms with Crippen molar-refractivity contribution in [2.45, 2.75) is 51.7 Å². The summed E-state index contributed by atoms with van der Waals surface area (Å²) in [6, 6.07) is 3.01. The van der Waals surface area contributed by atoms with Crippen LogP contribution in [0.15, 0.2) is 12.1 Å². The van der Waals surface area contributed by atoms with E-state index in [9.17, 15) is 9.59 Å². The quantitative estimate of drug-likeness (QED) is 0.539. The molecule has 2 aliphatic heterocycles. The molecule has 0 saturated carbocycles. The van der Waals surface area contributed by atoms with Crippen molar-refractivity contribution in [3.63, 3.8) is 0 Å². The molecule has 2 amide bonds. The van der Waals surface area contributed by atoms with Crippen LogP contribution in [-0.2, 0) is 9.53 Å². The Hall–Kier alpha value is -2.03. The molecule has 3 rings (SSSR count). The van der Waals surface area contributed by atoms with E-state index in [0.717, 1.165) is 58.4 Å². The summed E-state index contributed by atoms with van der Waals surface area (Å²) in [6.07, 6.45) is 3.98. The average Bonchev–Trinajstić information content (AvgIpc) is 2.84.